The number of aryl methyl sites for hydroxylation is 2. The number of hydrogen-bond donors (Lipinski definition) is 1. The van der Waals surface area contributed by atoms with Crippen molar-refractivity contribution in [1.82, 2.24) is 14.8 Å². The maximum Gasteiger partial charge on any atom is 0.234 e. The Bertz CT molecular complexity index is 1040. The van der Waals surface area contributed by atoms with Crippen LogP contribution in [0.1, 0.15) is 23.9 Å². The zero-order valence-corrected chi connectivity index (χ0v) is 19.2. The molecule has 1 heterocycles. The predicted molar refractivity (Wildman–Crippen MR) is 122 cm³/mol. The molecule has 0 unspecified atom stereocenters. The third kappa shape index (κ3) is 5.47. The minimum Gasteiger partial charge on any atom is -0.485 e. The van der Waals surface area contributed by atoms with Gasteiger partial charge in [-0.15, -0.1) is 10.2 Å². The normalized spacial score (nSPS) is 10.8. The van der Waals surface area contributed by atoms with Crippen LogP contribution in [-0.2, 0) is 17.9 Å². The largest absolute Gasteiger partial charge is 0.485 e. The number of halogens is 2. The Balaban J connectivity index is 1.62. The van der Waals surface area contributed by atoms with E-state index in [0.29, 0.717) is 39.9 Å². The zero-order chi connectivity index (χ0) is 21.7. The van der Waals surface area contributed by atoms with Crippen LogP contribution in [0.15, 0.2) is 41.6 Å². The van der Waals surface area contributed by atoms with E-state index < -0.39 is 0 Å². The first-order valence-electron chi connectivity index (χ1n) is 9.37. The van der Waals surface area contributed by atoms with E-state index in [2.05, 4.69) is 21.6 Å². The number of aromatic nitrogens is 3. The number of amides is 1. The average Bonchev–Trinajstić information content (AvgIpc) is 3.10. The first-order valence-corrected chi connectivity index (χ1v) is 11.1. The Kier molecular flexibility index (Phi) is 7.64. The van der Waals surface area contributed by atoms with Crippen molar-refractivity contribution in [2.45, 2.75) is 39.1 Å². The number of benzene rings is 2. The van der Waals surface area contributed by atoms with Crippen molar-refractivity contribution in [3.63, 3.8) is 0 Å². The van der Waals surface area contributed by atoms with Gasteiger partial charge in [-0.05, 0) is 44.5 Å². The molecule has 0 aliphatic carbocycles. The minimum atomic E-state index is -0.228. The number of carbonyl (C=O) groups excluding carboxylic acids is 1. The molecule has 3 aromatic rings. The van der Waals surface area contributed by atoms with E-state index in [-0.39, 0.29) is 11.7 Å². The van der Waals surface area contributed by atoms with Gasteiger partial charge in [0.2, 0.25) is 5.91 Å². The Morgan fingerprint density at radius 2 is 1.90 bits per heavy atom. The van der Waals surface area contributed by atoms with Crippen LogP contribution in [0.4, 0.5) is 5.69 Å². The van der Waals surface area contributed by atoms with E-state index in [1.165, 1.54) is 17.3 Å². The number of carbonyl (C=O) groups is 1. The number of nitrogens with one attached hydrogen (secondary N) is 1. The molecule has 0 bridgehead atoms. The Labute approximate surface area is 189 Å². The monoisotopic (exact) mass is 464 g/mol. The molecule has 6 nitrogen and oxygen atoms in total. The lowest BCUT2D eigenvalue weighted by molar-refractivity contribution is -0.113. The third-order valence-corrected chi connectivity index (χ3v) is 5.95. The summed E-state index contributed by atoms with van der Waals surface area (Å²) < 4.78 is 7.86. The second-order valence-electron chi connectivity index (χ2n) is 6.63. The van der Waals surface area contributed by atoms with Crippen molar-refractivity contribution in [2.75, 3.05) is 11.1 Å². The predicted octanol–water partition coefficient (Wildman–Crippen LogP) is 5.53. The summed E-state index contributed by atoms with van der Waals surface area (Å²) in [6.45, 7) is 7.02. The van der Waals surface area contributed by atoms with Crippen molar-refractivity contribution in [2.24, 2.45) is 0 Å². The smallest absolute Gasteiger partial charge is 0.234 e. The Morgan fingerprint density at radius 1 is 1.17 bits per heavy atom. The molecule has 0 radical (unpaired) electrons. The summed E-state index contributed by atoms with van der Waals surface area (Å²) in [7, 11) is 0. The molecule has 158 valence electrons. The van der Waals surface area contributed by atoms with Crippen molar-refractivity contribution in [3.8, 4) is 5.75 Å². The van der Waals surface area contributed by atoms with Crippen LogP contribution in [-0.4, -0.2) is 26.4 Å². The van der Waals surface area contributed by atoms with Crippen molar-refractivity contribution in [1.29, 1.82) is 0 Å². The average molecular weight is 465 g/mol. The summed E-state index contributed by atoms with van der Waals surface area (Å²) in [6.07, 6.45) is 0. The van der Waals surface area contributed by atoms with Gasteiger partial charge in [0, 0.05) is 6.54 Å². The van der Waals surface area contributed by atoms with Crippen LogP contribution >= 0.6 is 35.0 Å². The van der Waals surface area contributed by atoms with Gasteiger partial charge in [0.25, 0.3) is 0 Å². The van der Waals surface area contributed by atoms with E-state index in [1.54, 1.807) is 18.2 Å². The number of rotatable bonds is 8. The second kappa shape index (κ2) is 10.2. The molecule has 30 heavy (non-hydrogen) atoms. The van der Waals surface area contributed by atoms with Gasteiger partial charge in [0.05, 0.1) is 21.5 Å². The quantitative estimate of drug-likeness (QED) is 0.443. The van der Waals surface area contributed by atoms with E-state index in [1.807, 2.05) is 37.5 Å². The molecule has 9 heteroatoms. The molecular weight excluding hydrogens is 443 g/mol. The Hall–Kier alpha value is -2.22. The number of nitrogens with zero attached hydrogens (tertiary/aromatic N) is 3. The van der Waals surface area contributed by atoms with Gasteiger partial charge >= 0.3 is 0 Å². The minimum absolute atomic E-state index is 0.150. The zero-order valence-electron chi connectivity index (χ0n) is 16.9. The lowest BCUT2D eigenvalue weighted by Crippen LogP contribution is -2.15. The third-order valence-electron chi connectivity index (χ3n) is 4.36. The van der Waals surface area contributed by atoms with Crippen molar-refractivity contribution in [3.05, 3.63) is 63.4 Å². The van der Waals surface area contributed by atoms with Gasteiger partial charge in [-0.3, -0.25) is 4.79 Å². The first kappa shape index (κ1) is 22.5. The van der Waals surface area contributed by atoms with E-state index in [0.717, 1.165) is 11.3 Å². The van der Waals surface area contributed by atoms with Crippen molar-refractivity contribution >= 4 is 46.6 Å². The highest BCUT2D eigenvalue weighted by Gasteiger charge is 2.15. The molecule has 0 spiro atoms. The van der Waals surface area contributed by atoms with Crippen LogP contribution in [0, 0.1) is 13.8 Å². The maximum absolute atomic E-state index is 12.3. The van der Waals surface area contributed by atoms with Gasteiger partial charge in [-0.2, -0.15) is 0 Å². The molecule has 1 amide bonds. The summed E-state index contributed by atoms with van der Waals surface area (Å²) in [4.78, 5) is 12.3. The highest BCUT2D eigenvalue weighted by molar-refractivity contribution is 7.99. The molecule has 2 aromatic carbocycles. The molecule has 3 rings (SSSR count). The molecule has 1 N–H and O–H groups in total. The highest BCUT2D eigenvalue weighted by atomic mass is 35.5. The molecule has 0 fully saturated rings. The van der Waals surface area contributed by atoms with Gasteiger partial charge in [-0.25, -0.2) is 0 Å². The number of anilines is 1. The van der Waals surface area contributed by atoms with Gasteiger partial charge < -0.3 is 14.6 Å². The number of para-hydroxylation sites is 1. The summed E-state index contributed by atoms with van der Waals surface area (Å²) in [6, 6.07) is 11.1. The number of hydrogen-bond acceptors (Lipinski definition) is 5. The van der Waals surface area contributed by atoms with Gasteiger partial charge in [0.1, 0.15) is 12.4 Å². The summed E-state index contributed by atoms with van der Waals surface area (Å²) >= 11 is 13.5. The second-order valence-corrected chi connectivity index (χ2v) is 8.39. The lowest BCUT2D eigenvalue weighted by Gasteiger charge is -2.11. The molecule has 0 saturated carbocycles. The molecular formula is C21H22Cl2N4O2S. The lowest BCUT2D eigenvalue weighted by atomic mass is 10.1. The summed E-state index contributed by atoms with van der Waals surface area (Å²) in [5.74, 6) is 1.44. The van der Waals surface area contributed by atoms with Crippen LogP contribution in [0.5, 0.6) is 5.75 Å². The van der Waals surface area contributed by atoms with Gasteiger partial charge in [0.15, 0.2) is 11.0 Å². The van der Waals surface area contributed by atoms with Crippen LogP contribution in [0.2, 0.25) is 10.0 Å². The molecule has 0 saturated heterocycles. The maximum atomic E-state index is 12.3. The standard InChI is InChI=1S/C21H22Cl2N4O2S/c1-4-27-18(11-29-17-9-8-13(2)10-14(17)3)25-26-21(27)30-12-19(28)24-20-15(22)6-5-7-16(20)23/h5-10H,4,11-12H2,1-3H3,(H,24,28). The summed E-state index contributed by atoms with van der Waals surface area (Å²) in [5, 5.41) is 12.6. The fraction of sp³-hybridized carbons (Fsp3) is 0.286. The fourth-order valence-corrected chi connectivity index (χ4v) is 4.19. The van der Waals surface area contributed by atoms with Crippen LogP contribution in [0.25, 0.3) is 0 Å². The molecule has 0 aliphatic heterocycles. The summed E-state index contributed by atoms with van der Waals surface area (Å²) in [5.41, 5.74) is 2.67. The van der Waals surface area contributed by atoms with Crippen molar-refractivity contribution < 1.29 is 9.53 Å². The first-order chi connectivity index (χ1) is 14.4. The number of ether oxygens (including phenoxy) is 1. The molecule has 0 aliphatic rings. The topological polar surface area (TPSA) is 69.0 Å². The van der Waals surface area contributed by atoms with E-state index in [9.17, 15) is 4.79 Å². The molecule has 0 atom stereocenters. The highest BCUT2D eigenvalue weighted by Crippen LogP contribution is 2.30. The fourth-order valence-electron chi connectivity index (χ4n) is 2.88. The van der Waals surface area contributed by atoms with E-state index >= 15 is 0 Å². The van der Waals surface area contributed by atoms with E-state index in [4.69, 9.17) is 27.9 Å². The molecule has 1 aromatic heterocycles. The van der Waals surface area contributed by atoms with Crippen LogP contribution in [0.3, 0.4) is 0 Å². The Morgan fingerprint density at radius 3 is 2.57 bits per heavy atom. The van der Waals surface area contributed by atoms with Gasteiger partial charge in [-0.1, -0.05) is 58.7 Å². The SMILES string of the molecule is CCn1c(COc2ccc(C)cc2C)nnc1SCC(=O)Nc1c(Cl)cccc1Cl. The van der Waals surface area contributed by atoms with Crippen LogP contribution < -0.4 is 10.1 Å². The number of thioether (sulfide) groups is 1.